The third-order valence-corrected chi connectivity index (χ3v) is 7.42. The molecule has 0 saturated carbocycles. The third-order valence-electron chi connectivity index (χ3n) is 7.42. The molecule has 3 N–H and O–H groups in total. The van der Waals surface area contributed by atoms with Crippen LogP contribution in [0.3, 0.4) is 0 Å². The molecule has 7 heteroatoms. The molecule has 5 nitrogen and oxygen atoms in total. The molecule has 0 fully saturated rings. The molecule has 1 radical (unpaired) electrons. The summed E-state index contributed by atoms with van der Waals surface area (Å²) < 4.78 is 7.22. The van der Waals surface area contributed by atoms with Gasteiger partial charge in [-0.15, -0.1) is 0 Å². The molecule has 0 aliphatic carbocycles. The van der Waals surface area contributed by atoms with Crippen LogP contribution in [0, 0.1) is 0 Å². The van der Waals surface area contributed by atoms with Crippen LogP contribution >= 0.6 is 0 Å². The van der Waals surface area contributed by atoms with E-state index in [2.05, 4.69) is 62.6 Å². The number of hydrogen-bond donors (Lipinski definition) is 3. The Hall–Kier alpha value is -3.51. The lowest BCUT2D eigenvalue weighted by Gasteiger charge is -2.19. The number of hydrogen-bond acceptors (Lipinski definition) is 4. The van der Waals surface area contributed by atoms with E-state index in [0.29, 0.717) is 5.46 Å². The van der Waals surface area contributed by atoms with Crippen LogP contribution in [0.4, 0.5) is 0 Å². The summed E-state index contributed by atoms with van der Waals surface area (Å²) in [5, 5.41) is 30.1. The van der Waals surface area contributed by atoms with Crippen LogP contribution < -0.4 is 10.1 Å². The summed E-state index contributed by atoms with van der Waals surface area (Å²) >= 11 is 0. The molecular weight excluding hydrogens is 508 g/mol. The summed E-state index contributed by atoms with van der Waals surface area (Å²) in [6.07, 6.45) is 6.00. The zero-order valence-electron chi connectivity index (χ0n) is 24.5. The van der Waals surface area contributed by atoms with E-state index in [1.807, 2.05) is 54.6 Å². The fourth-order valence-corrected chi connectivity index (χ4v) is 5.14. The average Bonchev–Trinajstić information content (AvgIpc) is 3.29. The predicted molar refractivity (Wildman–Crippen MR) is 172 cm³/mol. The number of unbranched alkanes of at least 4 members (excludes halogenated alkanes) is 3. The number of para-hydroxylation sites is 2. The molecule has 0 unspecified atom stereocenters. The monoisotopic (exact) mass is 548 g/mol. The summed E-state index contributed by atoms with van der Waals surface area (Å²) in [4.78, 5) is 0. The molecule has 0 atom stereocenters. The number of rotatable bonds is 9. The van der Waals surface area contributed by atoms with Crippen molar-refractivity contribution >= 4 is 42.1 Å². The number of fused-ring (bicyclic) bond motifs is 3. The Morgan fingerprint density at radius 2 is 1.44 bits per heavy atom. The van der Waals surface area contributed by atoms with Crippen molar-refractivity contribution in [2.24, 2.45) is 0 Å². The summed E-state index contributed by atoms with van der Waals surface area (Å²) in [5.41, 5.74) is 6.15. The summed E-state index contributed by atoms with van der Waals surface area (Å²) in [5.74, 6) is 0.761. The molecule has 1 heterocycles. The molecule has 4 aromatic carbocycles. The Morgan fingerprint density at radius 3 is 2.10 bits per heavy atom. The minimum Gasteiger partial charge on any atom is -0.537 e. The van der Waals surface area contributed by atoms with Crippen molar-refractivity contribution in [1.29, 1.82) is 0 Å². The van der Waals surface area contributed by atoms with E-state index in [1.165, 1.54) is 36.8 Å². The minimum atomic E-state index is -1.48. The summed E-state index contributed by atoms with van der Waals surface area (Å²) in [6, 6.07) is 30.2. The van der Waals surface area contributed by atoms with Gasteiger partial charge >= 0.3 is 14.8 Å². The smallest absolute Gasteiger partial charge is 0.537 e. The van der Waals surface area contributed by atoms with E-state index in [1.54, 1.807) is 6.07 Å². The lowest BCUT2D eigenvalue weighted by atomic mass is 9.80. The quantitative estimate of drug-likeness (QED) is 0.146. The second-order valence-corrected chi connectivity index (χ2v) is 11.4. The van der Waals surface area contributed by atoms with Gasteiger partial charge in [-0.25, -0.2) is 0 Å². The highest BCUT2D eigenvalue weighted by Gasteiger charge is 2.20. The van der Waals surface area contributed by atoms with Crippen molar-refractivity contribution in [2.45, 2.75) is 65.2 Å². The summed E-state index contributed by atoms with van der Waals surface area (Å²) in [6.45, 7) is 8.84. The number of benzene rings is 4. The van der Waals surface area contributed by atoms with E-state index < -0.39 is 7.12 Å². The molecular formula is C34H40B2NO4. The highest BCUT2D eigenvalue weighted by molar-refractivity contribution is 6.59. The molecule has 211 valence electrons. The molecule has 1 aromatic heterocycles. The first-order chi connectivity index (χ1) is 19.7. The van der Waals surface area contributed by atoms with Crippen molar-refractivity contribution in [3.63, 3.8) is 0 Å². The molecule has 0 amide bonds. The maximum absolute atomic E-state index is 9.62. The maximum Gasteiger partial charge on any atom is 0.569 e. The van der Waals surface area contributed by atoms with Crippen LogP contribution in [-0.2, 0) is 11.8 Å². The van der Waals surface area contributed by atoms with Crippen LogP contribution in [0.25, 0.3) is 27.5 Å². The average molecular weight is 548 g/mol. The van der Waals surface area contributed by atoms with Gasteiger partial charge in [0.05, 0.1) is 11.0 Å². The lowest BCUT2D eigenvalue weighted by Crippen LogP contribution is -2.29. The van der Waals surface area contributed by atoms with Gasteiger partial charge in [0, 0.05) is 16.5 Å². The van der Waals surface area contributed by atoms with Crippen LogP contribution in [-0.4, -0.2) is 34.4 Å². The highest BCUT2D eigenvalue weighted by Crippen LogP contribution is 2.34. The Morgan fingerprint density at radius 1 is 0.780 bits per heavy atom. The first-order valence-electron chi connectivity index (χ1n) is 14.4. The largest absolute Gasteiger partial charge is 0.569 e. The standard InChI is InChI=1S/C22H22BNO2.C12H18BO2/c1-22(2,3)15-9-11-18-19-12-10-16(23(25)26)14-21(19)24(20(18)13-15)17-7-5-4-6-8-17;1-2-3-4-5-8-11-9-6-7-10-12(11)15-13-14/h4-14,25-26H,1-3H3;6-7,9-10,14H,2-5,8H2,1H3. The number of nitrogens with zero attached hydrogens (tertiary/aromatic N) is 1. The Labute approximate surface area is 244 Å². The van der Waals surface area contributed by atoms with Gasteiger partial charge in [0.25, 0.3) is 0 Å². The molecule has 41 heavy (non-hydrogen) atoms. The van der Waals surface area contributed by atoms with Gasteiger partial charge in [-0.05, 0) is 65.2 Å². The van der Waals surface area contributed by atoms with E-state index >= 15 is 0 Å². The van der Waals surface area contributed by atoms with Gasteiger partial charge in [0.2, 0.25) is 0 Å². The highest BCUT2D eigenvalue weighted by atomic mass is 16.5. The first-order valence-corrected chi connectivity index (χ1v) is 14.4. The van der Waals surface area contributed by atoms with Crippen LogP contribution in [0.15, 0.2) is 91.0 Å². The normalized spacial score (nSPS) is 11.3. The molecule has 0 spiro atoms. The first kappa shape index (κ1) is 30.4. The molecule has 0 aliphatic rings. The fourth-order valence-electron chi connectivity index (χ4n) is 5.14. The van der Waals surface area contributed by atoms with Gasteiger partial charge in [0.1, 0.15) is 5.75 Å². The van der Waals surface area contributed by atoms with Crippen LogP contribution in [0.2, 0.25) is 0 Å². The van der Waals surface area contributed by atoms with Crippen molar-refractivity contribution in [3.05, 3.63) is 102 Å². The van der Waals surface area contributed by atoms with Gasteiger partial charge in [0.15, 0.2) is 0 Å². The Kier molecular flexibility index (Phi) is 10.3. The van der Waals surface area contributed by atoms with Crippen molar-refractivity contribution in [3.8, 4) is 11.4 Å². The molecule has 5 aromatic rings. The minimum absolute atomic E-state index is 0.0542. The Bertz CT molecular complexity index is 1560. The fraction of sp³-hybridized carbons (Fsp3) is 0.294. The molecule has 5 rings (SSSR count). The van der Waals surface area contributed by atoms with Crippen molar-refractivity contribution in [2.75, 3.05) is 0 Å². The van der Waals surface area contributed by atoms with Crippen molar-refractivity contribution < 1.29 is 19.7 Å². The zero-order chi connectivity index (χ0) is 29.4. The number of aromatic nitrogens is 1. The van der Waals surface area contributed by atoms with E-state index in [4.69, 9.17) is 9.68 Å². The molecule has 0 aliphatic heterocycles. The molecule has 0 bridgehead atoms. The second kappa shape index (κ2) is 13.9. The zero-order valence-corrected chi connectivity index (χ0v) is 24.5. The van der Waals surface area contributed by atoms with Crippen LogP contribution in [0.1, 0.15) is 64.5 Å². The second-order valence-electron chi connectivity index (χ2n) is 11.4. The number of aryl methyl sites for hydroxylation is 1. The lowest BCUT2D eigenvalue weighted by molar-refractivity contribution is 0.426. The SMILES string of the molecule is CC(C)(C)c1ccc2c3ccc(B(O)O)cc3n(-c3ccccc3)c2c1.CCCCCCc1ccccc1O[B]O. The van der Waals surface area contributed by atoms with Gasteiger partial charge in [-0.3, -0.25) is 0 Å². The van der Waals surface area contributed by atoms with E-state index in [9.17, 15) is 10.0 Å². The Balaban J connectivity index is 0.000000221. The van der Waals surface area contributed by atoms with E-state index in [0.717, 1.165) is 47.3 Å². The maximum atomic E-state index is 9.62. The predicted octanol–water partition coefficient (Wildman–Crippen LogP) is 6.48. The summed E-state index contributed by atoms with van der Waals surface area (Å²) in [7, 11) is -0.739. The topological polar surface area (TPSA) is 74.9 Å². The van der Waals surface area contributed by atoms with Crippen LogP contribution in [0.5, 0.6) is 5.75 Å². The molecule has 0 saturated heterocycles. The van der Waals surface area contributed by atoms with E-state index in [-0.39, 0.29) is 5.41 Å². The van der Waals surface area contributed by atoms with Gasteiger partial charge < -0.3 is 24.3 Å². The van der Waals surface area contributed by atoms with Gasteiger partial charge in [-0.2, -0.15) is 0 Å². The van der Waals surface area contributed by atoms with Gasteiger partial charge in [-0.1, -0.05) is 108 Å². The third kappa shape index (κ3) is 7.42. The van der Waals surface area contributed by atoms with Crippen molar-refractivity contribution in [1.82, 2.24) is 4.57 Å².